The molecule has 12 heteroatoms. The SMILES string of the molecule is O=C(Nc1nc(N2CCN(C(=O)N3N=CC[C@H]3c3cc(F)cc(F)c3)CC2)ncc1F)C1CC1. The van der Waals surface area contributed by atoms with Crippen LogP contribution in [-0.2, 0) is 4.79 Å². The minimum atomic E-state index is -0.713. The number of hydrogen-bond donors (Lipinski definition) is 1. The fourth-order valence-electron chi connectivity index (χ4n) is 4.05. The number of benzene rings is 1. The third-order valence-electron chi connectivity index (χ3n) is 6.05. The van der Waals surface area contributed by atoms with Gasteiger partial charge in [-0.05, 0) is 30.5 Å². The summed E-state index contributed by atoms with van der Waals surface area (Å²) in [7, 11) is 0. The Morgan fingerprint density at radius 1 is 1.00 bits per heavy atom. The molecule has 1 aromatic carbocycles. The van der Waals surface area contributed by atoms with Crippen molar-refractivity contribution < 1.29 is 22.8 Å². The zero-order valence-corrected chi connectivity index (χ0v) is 18.1. The molecule has 0 bridgehead atoms. The van der Waals surface area contributed by atoms with E-state index in [-0.39, 0.29) is 29.6 Å². The number of nitrogens with one attached hydrogen (secondary N) is 1. The van der Waals surface area contributed by atoms with Crippen molar-refractivity contribution in [1.82, 2.24) is 19.9 Å². The molecule has 0 radical (unpaired) electrons. The van der Waals surface area contributed by atoms with Crippen molar-refractivity contribution in [3.63, 3.8) is 0 Å². The van der Waals surface area contributed by atoms with E-state index in [1.54, 1.807) is 16.0 Å². The molecule has 1 saturated heterocycles. The number of halogens is 3. The second kappa shape index (κ2) is 8.92. The second-order valence-electron chi connectivity index (χ2n) is 8.48. The summed E-state index contributed by atoms with van der Waals surface area (Å²) >= 11 is 0. The van der Waals surface area contributed by atoms with Crippen LogP contribution in [0.25, 0.3) is 0 Å². The molecular weight excluding hydrogens is 451 g/mol. The normalized spacial score (nSPS) is 20.1. The van der Waals surface area contributed by atoms with E-state index in [1.165, 1.54) is 17.1 Å². The highest BCUT2D eigenvalue weighted by Crippen LogP contribution is 2.31. The highest BCUT2D eigenvalue weighted by molar-refractivity contribution is 5.93. The van der Waals surface area contributed by atoms with Gasteiger partial charge in [-0.15, -0.1) is 0 Å². The first-order valence-electron chi connectivity index (χ1n) is 11.0. The van der Waals surface area contributed by atoms with Gasteiger partial charge in [0.2, 0.25) is 11.9 Å². The summed E-state index contributed by atoms with van der Waals surface area (Å²) in [6.07, 6.45) is 4.50. The molecule has 5 rings (SSSR count). The largest absolute Gasteiger partial charge is 0.341 e. The highest BCUT2D eigenvalue weighted by atomic mass is 19.1. The van der Waals surface area contributed by atoms with Crippen molar-refractivity contribution in [3.8, 4) is 0 Å². The van der Waals surface area contributed by atoms with E-state index in [2.05, 4.69) is 20.4 Å². The Morgan fingerprint density at radius 2 is 1.71 bits per heavy atom. The molecule has 2 aromatic rings. The summed E-state index contributed by atoms with van der Waals surface area (Å²) in [6.45, 7) is 1.40. The molecule has 1 N–H and O–H groups in total. The van der Waals surface area contributed by atoms with Crippen molar-refractivity contribution >= 4 is 29.9 Å². The van der Waals surface area contributed by atoms with Crippen LogP contribution in [0.5, 0.6) is 0 Å². The van der Waals surface area contributed by atoms with E-state index < -0.39 is 23.5 Å². The summed E-state index contributed by atoms with van der Waals surface area (Å²) in [5.41, 5.74) is 0.336. The zero-order chi connectivity index (χ0) is 23.8. The molecule has 2 aliphatic heterocycles. The number of amides is 3. The number of aromatic nitrogens is 2. The fourth-order valence-corrected chi connectivity index (χ4v) is 4.05. The number of carbonyl (C=O) groups is 2. The molecule has 0 unspecified atom stereocenters. The quantitative estimate of drug-likeness (QED) is 0.737. The van der Waals surface area contributed by atoms with E-state index in [4.69, 9.17) is 0 Å². The number of urea groups is 1. The average molecular weight is 473 g/mol. The van der Waals surface area contributed by atoms with Gasteiger partial charge in [-0.2, -0.15) is 10.1 Å². The molecule has 1 aliphatic carbocycles. The van der Waals surface area contributed by atoms with Crippen LogP contribution in [0.1, 0.15) is 30.9 Å². The predicted octanol–water partition coefficient (Wildman–Crippen LogP) is 2.92. The molecule has 178 valence electrons. The molecule has 1 atom stereocenters. The van der Waals surface area contributed by atoms with Gasteiger partial charge >= 0.3 is 6.03 Å². The first-order valence-corrected chi connectivity index (χ1v) is 11.0. The van der Waals surface area contributed by atoms with Gasteiger partial charge in [-0.25, -0.2) is 28.0 Å². The maximum Gasteiger partial charge on any atom is 0.341 e. The van der Waals surface area contributed by atoms with Crippen molar-refractivity contribution in [2.75, 3.05) is 36.4 Å². The van der Waals surface area contributed by atoms with E-state index in [1.807, 2.05) is 0 Å². The van der Waals surface area contributed by atoms with Crippen LogP contribution in [0.4, 0.5) is 29.7 Å². The number of anilines is 2. The molecule has 1 aromatic heterocycles. The van der Waals surface area contributed by atoms with Crippen molar-refractivity contribution in [2.45, 2.75) is 25.3 Å². The lowest BCUT2D eigenvalue weighted by atomic mass is 10.0. The van der Waals surface area contributed by atoms with Crippen molar-refractivity contribution in [1.29, 1.82) is 0 Å². The van der Waals surface area contributed by atoms with Crippen LogP contribution in [0, 0.1) is 23.4 Å². The topological polar surface area (TPSA) is 94.0 Å². The smallest absolute Gasteiger partial charge is 0.337 e. The Hall–Kier alpha value is -3.70. The van der Waals surface area contributed by atoms with Crippen molar-refractivity contribution in [3.05, 3.63) is 47.4 Å². The van der Waals surface area contributed by atoms with Gasteiger partial charge in [0.1, 0.15) is 11.6 Å². The van der Waals surface area contributed by atoms with Crippen LogP contribution in [-0.4, -0.2) is 64.2 Å². The third-order valence-corrected chi connectivity index (χ3v) is 6.05. The first-order chi connectivity index (χ1) is 16.4. The molecule has 2 fully saturated rings. The third kappa shape index (κ3) is 4.52. The Bertz CT molecular complexity index is 1130. The number of hydrogen-bond acceptors (Lipinski definition) is 6. The van der Waals surface area contributed by atoms with Gasteiger partial charge in [-0.1, -0.05) is 0 Å². The number of rotatable bonds is 4. The van der Waals surface area contributed by atoms with Crippen LogP contribution < -0.4 is 10.2 Å². The maximum atomic E-state index is 14.1. The lowest BCUT2D eigenvalue weighted by Crippen LogP contribution is -2.52. The minimum absolute atomic E-state index is 0.0895. The Balaban J connectivity index is 1.23. The summed E-state index contributed by atoms with van der Waals surface area (Å²) < 4.78 is 41.4. The summed E-state index contributed by atoms with van der Waals surface area (Å²) in [5, 5.41) is 7.88. The highest BCUT2D eigenvalue weighted by Gasteiger charge is 2.34. The van der Waals surface area contributed by atoms with E-state index in [0.717, 1.165) is 25.1 Å². The lowest BCUT2D eigenvalue weighted by molar-refractivity contribution is -0.117. The minimum Gasteiger partial charge on any atom is -0.337 e. The summed E-state index contributed by atoms with van der Waals surface area (Å²) in [6, 6.07) is 2.22. The second-order valence-corrected chi connectivity index (χ2v) is 8.48. The van der Waals surface area contributed by atoms with Gasteiger partial charge in [0.15, 0.2) is 11.6 Å². The van der Waals surface area contributed by atoms with Gasteiger partial charge in [0, 0.05) is 50.8 Å². The molecule has 3 aliphatic rings. The number of hydrazone groups is 1. The summed E-state index contributed by atoms with van der Waals surface area (Å²) in [4.78, 5) is 36.6. The molecule has 1 saturated carbocycles. The van der Waals surface area contributed by atoms with Gasteiger partial charge < -0.3 is 15.1 Å². The lowest BCUT2D eigenvalue weighted by Gasteiger charge is -2.37. The monoisotopic (exact) mass is 473 g/mol. The molecule has 0 spiro atoms. The van der Waals surface area contributed by atoms with E-state index in [9.17, 15) is 22.8 Å². The maximum absolute atomic E-state index is 14.1. The molecule has 3 amide bonds. The van der Waals surface area contributed by atoms with Crippen LogP contribution in [0.2, 0.25) is 0 Å². The summed E-state index contributed by atoms with van der Waals surface area (Å²) in [5.74, 6) is -2.38. The van der Waals surface area contributed by atoms with E-state index in [0.29, 0.717) is 38.2 Å². The fraction of sp³-hybridized carbons (Fsp3) is 0.409. The predicted molar refractivity (Wildman–Crippen MR) is 117 cm³/mol. The Morgan fingerprint density at radius 3 is 2.38 bits per heavy atom. The van der Waals surface area contributed by atoms with E-state index >= 15 is 0 Å². The molecule has 3 heterocycles. The van der Waals surface area contributed by atoms with Crippen molar-refractivity contribution in [2.24, 2.45) is 11.0 Å². The molecular formula is C22H22F3N7O2. The zero-order valence-electron chi connectivity index (χ0n) is 18.1. The van der Waals surface area contributed by atoms with Gasteiger partial charge in [-0.3, -0.25) is 4.79 Å². The Labute approximate surface area is 193 Å². The van der Waals surface area contributed by atoms with Gasteiger partial charge in [0.25, 0.3) is 0 Å². The number of carbonyl (C=O) groups excluding carboxylic acids is 2. The Kier molecular flexibility index (Phi) is 5.80. The standard InChI is InChI=1S/C22H22F3N7O2/c23-15-9-14(10-16(24)11-15)18-3-4-27-32(18)22(34)31-7-5-30(6-8-31)21-26-12-17(25)19(29-21)28-20(33)13-1-2-13/h4,9-13,18H,1-3,5-8H2,(H,26,28,29,33)/t18-/m0/s1. The van der Waals surface area contributed by atoms with Gasteiger partial charge in [0.05, 0.1) is 12.2 Å². The number of piperazine rings is 1. The average Bonchev–Trinajstić information content (AvgIpc) is 3.56. The van der Waals surface area contributed by atoms with Crippen LogP contribution in [0.15, 0.2) is 29.5 Å². The van der Waals surface area contributed by atoms with Crippen LogP contribution in [0.3, 0.4) is 0 Å². The molecule has 34 heavy (non-hydrogen) atoms. The first kappa shape index (κ1) is 22.1. The van der Waals surface area contributed by atoms with Crippen LogP contribution >= 0.6 is 0 Å². The number of nitrogens with zero attached hydrogens (tertiary/aromatic N) is 6. The molecule has 9 nitrogen and oxygen atoms in total.